The van der Waals surface area contributed by atoms with Crippen molar-refractivity contribution in [1.29, 1.82) is 0 Å². The Morgan fingerprint density at radius 2 is 2.19 bits per heavy atom. The van der Waals surface area contributed by atoms with Crippen molar-refractivity contribution in [3.63, 3.8) is 0 Å². The number of aromatic nitrogens is 6. The van der Waals surface area contributed by atoms with E-state index in [2.05, 4.69) is 42.3 Å². The Hall–Kier alpha value is -2.26. The number of aromatic amines is 1. The summed E-state index contributed by atoms with van der Waals surface area (Å²) in [7, 11) is 0. The summed E-state index contributed by atoms with van der Waals surface area (Å²) in [5.74, 6) is 6.80. The minimum Gasteiger partial charge on any atom is -0.341 e. The fourth-order valence-corrected chi connectivity index (χ4v) is 2.73. The van der Waals surface area contributed by atoms with Gasteiger partial charge in [0.1, 0.15) is 33.5 Å². The van der Waals surface area contributed by atoms with Gasteiger partial charge in [0.25, 0.3) is 0 Å². The van der Waals surface area contributed by atoms with E-state index >= 15 is 0 Å². The van der Waals surface area contributed by atoms with E-state index in [1.54, 1.807) is 12.4 Å². The van der Waals surface area contributed by atoms with Crippen LogP contribution in [0.2, 0.25) is 0 Å². The fraction of sp³-hybridized carbons (Fsp3) is 0.250. The zero-order valence-corrected chi connectivity index (χ0v) is 12.2. The Kier molecular flexibility index (Phi) is 3.93. The maximum Gasteiger partial charge on any atom is 0.181 e. The van der Waals surface area contributed by atoms with Crippen molar-refractivity contribution in [2.45, 2.75) is 29.8 Å². The van der Waals surface area contributed by atoms with E-state index in [4.69, 9.17) is 5.84 Å². The Morgan fingerprint density at radius 3 is 3.00 bits per heavy atom. The maximum absolute atomic E-state index is 5.46. The summed E-state index contributed by atoms with van der Waals surface area (Å²) in [6.45, 7) is 2.08. The van der Waals surface area contributed by atoms with Gasteiger partial charge in [0.2, 0.25) is 0 Å². The van der Waals surface area contributed by atoms with Gasteiger partial charge in [-0.15, -0.1) is 0 Å². The molecule has 0 atom stereocenters. The molecule has 9 heteroatoms. The highest BCUT2D eigenvalue weighted by Crippen LogP contribution is 2.29. The van der Waals surface area contributed by atoms with Crippen LogP contribution in [-0.4, -0.2) is 29.9 Å². The molecule has 0 aliphatic rings. The van der Waals surface area contributed by atoms with Crippen LogP contribution >= 0.6 is 11.8 Å². The number of anilines is 1. The molecule has 0 aliphatic carbocycles. The molecule has 3 aromatic rings. The summed E-state index contributed by atoms with van der Waals surface area (Å²) in [4.78, 5) is 24.4. The average molecular weight is 302 g/mol. The number of hydrazine groups is 1. The second-order valence-corrected chi connectivity index (χ2v) is 5.29. The normalized spacial score (nSPS) is 11.0. The Labute approximate surface area is 125 Å². The molecule has 0 saturated carbocycles. The summed E-state index contributed by atoms with van der Waals surface area (Å²) in [5, 5.41) is 1.54. The SMILES string of the molecule is CCCc1nc(NN)cc(Sc2ncnc3nc[nH]c23)n1. The highest BCUT2D eigenvalue weighted by Gasteiger charge is 2.10. The first kappa shape index (κ1) is 13.7. The van der Waals surface area contributed by atoms with Crippen molar-refractivity contribution in [3.8, 4) is 0 Å². The number of H-pyrrole nitrogens is 1. The molecule has 0 spiro atoms. The molecule has 0 fully saturated rings. The van der Waals surface area contributed by atoms with Gasteiger partial charge in [-0.05, 0) is 18.2 Å². The first-order valence-electron chi connectivity index (χ1n) is 6.46. The minimum absolute atomic E-state index is 0.589. The molecule has 3 rings (SSSR count). The third kappa shape index (κ3) is 2.93. The lowest BCUT2D eigenvalue weighted by Gasteiger charge is -2.06. The van der Waals surface area contributed by atoms with Gasteiger partial charge in [-0.25, -0.2) is 30.8 Å². The van der Waals surface area contributed by atoms with Crippen LogP contribution in [0.5, 0.6) is 0 Å². The first-order chi connectivity index (χ1) is 10.3. The quantitative estimate of drug-likeness (QED) is 0.369. The van der Waals surface area contributed by atoms with E-state index in [9.17, 15) is 0 Å². The molecule has 0 aliphatic heterocycles. The predicted molar refractivity (Wildman–Crippen MR) is 79.6 cm³/mol. The molecule has 3 heterocycles. The van der Waals surface area contributed by atoms with E-state index in [1.807, 2.05) is 0 Å². The second kappa shape index (κ2) is 6.02. The summed E-state index contributed by atoms with van der Waals surface area (Å²) >= 11 is 1.42. The number of rotatable bonds is 5. The number of aryl methyl sites for hydroxylation is 1. The summed E-state index contributed by atoms with van der Waals surface area (Å²) in [6.07, 6.45) is 4.85. The largest absolute Gasteiger partial charge is 0.341 e. The van der Waals surface area contributed by atoms with Crippen LogP contribution in [0.3, 0.4) is 0 Å². The first-order valence-corrected chi connectivity index (χ1v) is 7.28. The van der Waals surface area contributed by atoms with E-state index in [-0.39, 0.29) is 0 Å². The number of nitrogens with one attached hydrogen (secondary N) is 2. The number of imidazole rings is 1. The van der Waals surface area contributed by atoms with E-state index < -0.39 is 0 Å². The van der Waals surface area contributed by atoms with Crippen LogP contribution in [-0.2, 0) is 6.42 Å². The van der Waals surface area contributed by atoms with Crippen molar-refractivity contribution in [3.05, 3.63) is 24.5 Å². The number of hydrogen-bond donors (Lipinski definition) is 3. The zero-order chi connectivity index (χ0) is 14.7. The van der Waals surface area contributed by atoms with Gasteiger partial charge < -0.3 is 10.4 Å². The van der Waals surface area contributed by atoms with Crippen molar-refractivity contribution in [1.82, 2.24) is 29.9 Å². The smallest absolute Gasteiger partial charge is 0.181 e. The molecule has 8 nitrogen and oxygen atoms in total. The lowest BCUT2D eigenvalue weighted by molar-refractivity contribution is 0.810. The standard InChI is InChI=1S/C12H14N8S/c1-2-3-7-18-8(20-13)4-9(19-7)21-12-10-11(15-5-14-10)16-6-17-12/h4-6H,2-3,13H2,1H3,(H,18,19,20)(H,14,15,16,17). The lowest BCUT2D eigenvalue weighted by Crippen LogP contribution is -2.10. The van der Waals surface area contributed by atoms with Gasteiger partial charge in [0.05, 0.1) is 6.33 Å². The van der Waals surface area contributed by atoms with Gasteiger partial charge in [-0.1, -0.05) is 6.92 Å². The van der Waals surface area contributed by atoms with E-state index in [1.165, 1.54) is 18.1 Å². The Balaban J connectivity index is 1.97. The number of nitrogen functional groups attached to an aromatic ring is 1. The lowest BCUT2D eigenvalue weighted by atomic mass is 10.3. The zero-order valence-electron chi connectivity index (χ0n) is 11.4. The number of fused-ring (bicyclic) bond motifs is 1. The third-order valence-corrected chi connectivity index (χ3v) is 3.68. The summed E-state index contributed by atoms with van der Waals surface area (Å²) in [6, 6.07) is 1.79. The van der Waals surface area contributed by atoms with Crippen molar-refractivity contribution >= 4 is 28.7 Å². The number of nitrogens with zero attached hydrogens (tertiary/aromatic N) is 5. The van der Waals surface area contributed by atoms with Crippen molar-refractivity contribution in [2.75, 3.05) is 5.43 Å². The van der Waals surface area contributed by atoms with Gasteiger partial charge in [0.15, 0.2) is 5.65 Å². The van der Waals surface area contributed by atoms with Gasteiger partial charge in [0, 0.05) is 12.5 Å². The van der Waals surface area contributed by atoms with Crippen LogP contribution in [0.1, 0.15) is 19.2 Å². The summed E-state index contributed by atoms with van der Waals surface area (Å²) in [5.41, 5.74) is 3.99. The molecule has 0 amide bonds. The Morgan fingerprint density at radius 1 is 1.29 bits per heavy atom. The van der Waals surface area contributed by atoms with Crippen LogP contribution in [0.4, 0.5) is 5.82 Å². The average Bonchev–Trinajstić information content (AvgIpc) is 2.97. The van der Waals surface area contributed by atoms with E-state index in [0.717, 1.165) is 34.2 Å². The number of hydrogen-bond acceptors (Lipinski definition) is 8. The molecule has 108 valence electrons. The minimum atomic E-state index is 0.589. The number of nitrogens with two attached hydrogens (primary N) is 1. The van der Waals surface area contributed by atoms with Crippen LogP contribution in [0.25, 0.3) is 11.2 Å². The van der Waals surface area contributed by atoms with Crippen LogP contribution in [0, 0.1) is 0 Å². The highest BCUT2D eigenvalue weighted by atomic mass is 32.2. The highest BCUT2D eigenvalue weighted by molar-refractivity contribution is 7.99. The molecule has 21 heavy (non-hydrogen) atoms. The molecule has 3 aromatic heterocycles. The second-order valence-electron chi connectivity index (χ2n) is 4.28. The van der Waals surface area contributed by atoms with Crippen LogP contribution in [0.15, 0.2) is 28.8 Å². The molecular formula is C12H14N8S. The molecule has 4 N–H and O–H groups in total. The van der Waals surface area contributed by atoms with E-state index in [0.29, 0.717) is 11.5 Å². The maximum atomic E-state index is 5.46. The monoisotopic (exact) mass is 302 g/mol. The Bertz CT molecular complexity index is 756. The van der Waals surface area contributed by atoms with Crippen LogP contribution < -0.4 is 11.3 Å². The molecule has 0 unspecified atom stereocenters. The van der Waals surface area contributed by atoms with Gasteiger partial charge in [-0.3, -0.25) is 0 Å². The van der Waals surface area contributed by atoms with Crippen molar-refractivity contribution in [2.24, 2.45) is 5.84 Å². The van der Waals surface area contributed by atoms with Crippen molar-refractivity contribution < 1.29 is 0 Å². The third-order valence-electron chi connectivity index (χ3n) is 2.76. The molecular weight excluding hydrogens is 288 g/mol. The molecule has 0 saturated heterocycles. The topological polar surface area (TPSA) is 118 Å². The molecule has 0 aromatic carbocycles. The molecule has 0 bridgehead atoms. The molecule has 0 radical (unpaired) electrons. The fourth-order valence-electron chi connectivity index (χ4n) is 1.85. The summed E-state index contributed by atoms with van der Waals surface area (Å²) < 4.78 is 0. The van der Waals surface area contributed by atoms with Gasteiger partial charge >= 0.3 is 0 Å². The predicted octanol–water partition coefficient (Wildman–Crippen LogP) is 1.53. The van der Waals surface area contributed by atoms with Gasteiger partial charge in [-0.2, -0.15) is 0 Å².